The number of benzene rings is 2. The Hall–Kier alpha value is -1.82. The SMILES string of the molecule is CC(C)(C)C(C#C[Si](C)(C)C)NC(c1ccccc1)c1ccccc1. The lowest BCUT2D eigenvalue weighted by molar-refractivity contribution is 0.308. The van der Waals surface area contributed by atoms with Crippen LogP contribution in [0.2, 0.25) is 19.6 Å². The molecular weight excluding hydrogens is 318 g/mol. The zero-order chi connectivity index (χ0) is 18.5. The first-order chi connectivity index (χ1) is 11.7. The molecule has 0 bridgehead atoms. The summed E-state index contributed by atoms with van der Waals surface area (Å²) in [4.78, 5) is 0. The molecule has 1 unspecified atom stereocenters. The topological polar surface area (TPSA) is 12.0 Å². The molecule has 0 heterocycles. The Kier molecular flexibility index (Phi) is 6.27. The molecule has 25 heavy (non-hydrogen) atoms. The van der Waals surface area contributed by atoms with Crippen LogP contribution in [0.5, 0.6) is 0 Å². The first-order valence-corrected chi connectivity index (χ1v) is 12.6. The van der Waals surface area contributed by atoms with Crippen LogP contribution in [-0.4, -0.2) is 14.1 Å². The average molecular weight is 350 g/mol. The summed E-state index contributed by atoms with van der Waals surface area (Å²) in [6, 6.07) is 21.6. The quantitative estimate of drug-likeness (QED) is 0.554. The third-order valence-electron chi connectivity index (χ3n) is 4.06. The van der Waals surface area contributed by atoms with E-state index in [-0.39, 0.29) is 17.5 Å². The average Bonchev–Trinajstić information content (AvgIpc) is 2.54. The van der Waals surface area contributed by atoms with Gasteiger partial charge in [0.25, 0.3) is 0 Å². The van der Waals surface area contributed by atoms with Crippen LogP contribution >= 0.6 is 0 Å². The van der Waals surface area contributed by atoms with Gasteiger partial charge in [0.05, 0.1) is 12.1 Å². The fourth-order valence-electron chi connectivity index (χ4n) is 2.64. The van der Waals surface area contributed by atoms with Crippen LogP contribution < -0.4 is 5.32 Å². The van der Waals surface area contributed by atoms with Crippen LogP contribution in [0.15, 0.2) is 60.7 Å². The third-order valence-corrected chi connectivity index (χ3v) is 4.95. The highest BCUT2D eigenvalue weighted by Gasteiger charge is 2.27. The van der Waals surface area contributed by atoms with Gasteiger partial charge >= 0.3 is 0 Å². The molecule has 0 amide bonds. The zero-order valence-corrected chi connectivity index (χ0v) is 17.4. The lowest BCUT2D eigenvalue weighted by atomic mass is 9.85. The molecule has 0 aliphatic heterocycles. The van der Waals surface area contributed by atoms with Crippen LogP contribution in [-0.2, 0) is 0 Å². The van der Waals surface area contributed by atoms with Gasteiger partial charge in [-0.2, -0.15) is 0 Å². The Balaban J connectivity index is 2.41. The Morgan fingerprint density at radius 3 is 1.60 bits per heavy atom. The minimum Gasteiger partial charge on any atom is -0.292 e. The molecule has 0 aromatic heterocycles. The Morgan fingerprint density at radius 2 is 1.24 bits per heavy atom. The molecule has 2 aromatic carbocycles. The van der Waals surface area contributed by atoms with Crippen molar-refractivity contribution in [1.82, 2.24) is 5.32 Å². The van der Waals surface area contributed by atoms with Gasteiger partial charge < -0.3 is 0 Å². The second kappa shape index (κ2) is 8.04. The van der Waals surface area contributed by atoms with Crippen molar-refractivity contribution in [2.24, 2.45) is 5.41 Å². The number of nitrogens with one attached hydrogen (secondary N) is 1. The van der Waals surface area contributed by atoms with Crippen molar-refractivity contribution in [2.75, 3.05) is 0 Å². The van der Waals surface area contributed by atoms with E-state index in [1.165, 1.54) is 11.1 Å². The maximum atomic E-state index is 3.85. The predicted octanol–water partition coefficient (Wildman–Crippen LogP) is 5.66. The summed E-state index contributed by atoms with van der Waals surface area (Å²) in [7, 11) is -1.41. The maximum Gasteiger partial charge on any atom is 0.129 e. The Bertz CT molecular complexity index is 672. The molecule has 1 nitrogen and oxygen atoms in total. The molecular formula is C23H31NSi. The summed E-state index contributed by atoms with van der Waals surface area (Å²) in [5, 5.41) is 3.85. The van der Waals surface area contributed by atoms with E-state index in [1.807, 2.05) is 0 Å². The van der Waals surface area contributed by atoms with Crippen molar-refractivity contribution in [1.29, 1.82) is 0 Å². The van der Waals surface area contributed by atoms with Crippen LogP contribution in [0.4, 0.5) is 0 Å². The van der Waals surface area contributed by atoms with E-state index in [0.717, 1.165) is 0 Å². The van der Waals surface area contributed by atoms with Gasteiger partial charge in [0.15, 0.2) is 0 Å². The van der Waals surface area contributed by atoms with Crippen molar-refractivity contribution in [3.05, 3.63) is 71.8 Å². The molecule has 2 rings (SSSR count). The van der Waals surface area contributed by atoms with E-state index in [0.29, 0.717) is 0 Å². The van der Waals surface area contributed by atoms with E-state index >= 15 is 0 Å². The minimum atomic E-state index is -1.41. The van der Waals surface area contributed by atoms with E-state index < -0.39 is 8.07 Å². The molecule has 0 saturated carbocycles. The molecule has 0 saturated heterocycles. The van der Waals surface area contributed by atoms with Gasteiger partial charge in [-0.1, -0.05) is 107 Å². The highest BCUT2D eigenvalue weighted by Crippen LogP contribution is 2.27. The van der Waals surface area contributed by atoms with Crippen molar-refractivity contribution in [3.63, 3.8) is 0 Å². The second-order valence-electron chi connectivity index (χ2n) is 8.74. The maximum absolute atomic E-state index is 3.85. The van der Waals surface area contributed by atoms with E-state index in [2.05, 4.69) is 118 Å². The van der Waals surface area contributed by atoms with Gasteiger partial charge in [-0.25, -0.2) is 0 Å². The minimum absolute atomic E-state index is 0.0639. The number of rotatable bonds is 4. The van der Waals surface area contributed by atoms with Crippen LogP contribution in [0.1, 0.15) is 37.9 Å². The molecule has 2 heteroatoms. The molecule has 0 radical (unpaired) electrons. The fraction of sp³-hybridized carbons (Fsp3) is 0.391. The number of hydrogen-bond acceptors (Lipinski definition) is 1. The molecule has 0 aliphatic carbocycles. The lowest BCUT2D eigenvalue weighted by Gasteiger charge is -2.32. The Morgan fingerprint density at radius 1 is 0.800 bits per heavy atom. The van der Waals surface area contributed by atoms with E-state index in [4.69, 9.17) is 0 Å². The molecule has 2 aromatic rings. The largest absolute Gasteiger partial charge is 0.292 e. The summed E-state index contributed by atoms with van der Waals surface area (Å²) < 4.78 is 0. The normalized spacial score (nSPS) is 13.2. The summed E-state index contributed by atoms with van der Waals surface area (Å²) in [5.74, 6) is 3.57. The predicted molar refractivity (Wildman–Crippen MR) is 112 cm³/mol. The van der Waals surface area contributed by atoms with Crippen LogP contribution in [0.3, 0.4) is 0 Å². The first-order valence-electron chi connectivity index (χ1n) is 9.05. The molecule has 0 fully saturated rings. The highest BCUT2D eigenvalue weighted by molar-refractivity contribution is 6.83. The molecule has 0 spiro atoms. The van der Waals surface area contributed by atoms with Gasteiger partial charge in [-0.3, -0.25) is 5.32 Å². The first kappa shape index (κ1) is 19.5. The molecule has 132 valence electrons. The van der Waals surface area contributed by atoms with Crippen molar-refractivity contribution in [2.45, 2.75) is 52.5 Å². The van der Waals surface area contributed by atoms with Gasteiger partial charge in [0.1, 0.15) is 8.07 Å². The summed E-state index contributed by atoms with van der Waals surface area (Å²) in [6.07, 6.45) is 0. The molecule has 1 atom stereocenters. The van der Waals surface area contributed by atoms with Gasteiger partial charge in [0, 0.05) is 0 Å². The third kappa shape index (κ3) is 6.19. The van der Waals surface area contributed by atoms with Gasteiger partial charge in [-0.15, -0.1) is 5.54 Å². The van der Waals surface area contributed by atoms with E-state index in [1.54, 1.807) is 0 Å². The number of hydrogen-bond donors (Lipinski definition) is 1. The second-order valence-corrected chi connectivity index (χ2v) is 13.5. The summed E-state index contributed by atoms with van der Waals surface area (Å²) in [5.41, 5.74) is 6.18. The highest BCUT2D eigenvalue weighted by atomic mass is 28.3. The smallest absolute Gasteiger partial charge is 0.129 e. The Labute approximate surface area is 154 Å². The van der Waals surface area contributed by atoms with E-state index in [9.17, 15) is 0 Å². The van der Waals surface area contributed by atoms with Crippen LogP contribution in [0, 0.1) is 16.9 Å². The van der Waals surface area contributed by atoms with Gasteiger partial charge in [0.2, 0.25) is 0 Å². The van der Waals surface area contributed by atoms with Crippen molar-refractivity contribution in [3.8, 4) is 11.5 Å². The monoisotopic (exact) mass is 349 g/mol. The zero-order valence-electron chi connectivity index (χ0n) is 16.4. The summed E-state index contributed by atoms with van der Waals surface area (Å²) >= 11 is 0. The molecule has 0 aliphatic rings. The molecule has 1 N–H and O–H groups in total. The summed E-state index contributed by atoms with van der Waals surface area (Å²) in [6.45, 7) is 13.7. The van der Waals surface area contributed by atoms with Crippen LogP contribution in [0.25, 0.3) is 0 Å². The van der Waals surface area contributed by atoms with Crippen molar-refractivity contribution >= 4 is 8.07 Å². The van der Waals surface area contributed by atoms with Crippen molar-refractivity contribution < 1.29 is 0 Å². The van der Waals surface area contributed by atoms with Gasteiger partial charge in [-0.05, 0) is 16.5 Å². The fourth-order valence-corrected chi connectivity index (χ4v) is 3.22. The lowest BCUT2D eigenvalue weighted by Crippen LogP contribution is -2.42. The standard InChI is InChI=1S/C23H31NSi/c1-23(2,3)21(17-18-25(4,5)6)24-22(19-13-9-7-10-14-19)20-15-11-8-12-16-20/h7-16,21-22,24H,1-6H3.